The van der Waals surface area contributed by atoms with Gasteiger partial charge in [0.15, 0.2) is 0 Å². The number of fused-ring (bicyclic) bond motifs is 5. The Labute approximate surface area is 196 Å². The Kier molecular flexibility index (Phi) is 7.32. The van der Waals surface area contributed by atoms with Crippen molar-refractivity contribution in [1.82, 2.24) is 0 Å². The van der Waals surface area contributed by atoms with Gasteiger partial charge in [-0.1, -0.05) is 53.9 Å². The molecule has 4 aliphatic rings. The van der Waals surface area contributed by atoms with Crippen LogP contribution in [0.2, 0.25) is 0 Å². The van der Waals surface area contributed by atoms with E-state index in [2.05, 4.69) is 34.6 Å². The van der Waals surface area contributed by atoms with E-state index in [9.17, 15) is 14.4 Å². The number of rotatable bonds is 7. The SMILES string of the molecule is CC(C)CCCC(C)[C@H]1CC[C@H]2[C@@H]3CC[C@H]4C[C@@H](OP(=O)(O)O)CC[C@]4(C)[C@H]3CC[C@]12C. The van der Waals surface area contributed by atoms with Crippen molar-refractivity contribution in [3.05, 3.63) is 0 Å². The first-order valence-corrected chi connectivity index (χ1v) is 15.2. The highest BCUT2D eigenvalue weighted by molar-refractivity contribution is 7.46. The monoisotopic (exact) mass is 468 g/mol. The lowest BCUT2D eigenvalue weighted by Gasteiger charge is -2.61. The molecule has 5 heteroatoms. The van der Waals surface area contributed by atoms with E-state index in [-0.39, 0.29) is 6.10 Å². The average molecular weight is 469 g/mol. The Morgan fingerprint density at radius 2 is 1.59 bits per heavy atom. The molecule has 186 valence electrons. The van der Waals surface area contributed by atoms with Crippen LogP contribution >= 0.6 is 7.82 Å². The van der Waals surface area contributed by atoms with Crippen molar-refractivity contribution in [1.29, 1.82) is 0 Å². The molecule has 4 saturated carbocycles. The summed E-state index contributed by atoms with van der Waals surface area (Å²) in [4.78, 5) is 18.6. The van der Waals surface area contributed by atoms with Crippen molar-refractivity contribution < 1.29 is 18.9 Å². The van der Waals surface area contributed by atoms with E-state index < -0.39 is 7.82 Å². The quantitative estimate of drug-likeness (QED) is 0.378. The summed E-state index contributed by atoms with van der Waals surface area (Å²) in [6.07, 6.45) is 14.8. The molecule has 4 nitrogen and oxygen atoms in total. The van der Waals surface area contributed by atoms with E-state index in [1.165, 1.54) is 57.8 Å². The Morgan fingerprint density at radius 3 is 2.28 bits per heavy atom. The third-order valence-electron chi connectivity index (χ3n) is 11.1. The zero-order chi connectivity index (χ0) is 23.3. The molecule has 1 unspecified atom stereocenters. The van der Waals surface area contributed by atoms with Crippen molar-refractivity contribution in [2.75, 3.05) is 0 Å². The maximum absolute atomic E-state index is 11.4. The van der Waals surface area contributed by atoms with Gasteiger partial charge < -0.3 is 9.79 Å². The maximum atomic E-state index is 11.4. The second-order valence-corrected chi connectivity index (χ2v) is 14.4. The zero-order valence-corrected chi connectivity index (χ0v) is 22.2. The summed E-state index contributed by atoms with van der Waals surface area (Å²) < 4.78 is 16.5. The summed E-state index contributed by atoms with van der Waals surface area (Å²) in [6.45, 7) is 12.4. The standard InChI is InChI=1S/C27H49O4P/c1-18(2)7-6-8-19(3)23-11-12-24-22-10-9-20-17-21(31-32(28,29)30)13-15-26(20,4)25(22)14-16-27(23,24)5/h18-25H,6-17H2,1-5H3,(H2,28,29,30)/t19?,20-,21-,22-,23+,24-,25-,26-,27+/m0/s1. The average Bonchev–Trinajstić information content (AvgIpc) is 3.04. The van der Waals surface area contributed by atoms with Crippen molar-refractivity contribution in [3.63, 3.8) is 0 Å². The third kappa shape index (κ3) is 4.77. The highest BCUT2D eigenvalue weighted by atomic mass is 31.2. The van der Waals surface area contributed by atoms with Gasteiger partial charge >= 0.3 is 7.82 Å². The molecule has 0 heterocycles. The lowest BCUT2D eigenvalue weighted by molar-refractivity contribution is -0.128. The van der Waals surface area contributed by atoms with Gasteiger partial charge in [-0.2, -0.15) is 0 Å². The fourth-order valence-electron chi connectivity index (χ4n) is 9.53. The van der Waals surface area contributed by atoms with Gasteiger partial charge in [-0.15, -0.1) is 0 Å². The summed E-state index contributed by atoms with van der Waals surface area (Å²) in [5.41, 5.74) is 0.863. The largest absolute Gasteiger partial charge is 0.469 e. The molecule has 0 aliphatic heterocycles. The number of phosphoric ester groups is 1. The van der Waals surface area contributed by atoms with E-state index in [4.69, 9.17) is 4.52 Å². The zero-order valence-electron chi connectivity index (χ0n) is 21.3. The van der Waals surface area contributed by atoms with Gasteiger partial charge in [-0.05, 0) is 110 Å². The molecule has 32 heavy (non-hydrogen) atoms. The van der Waals surface area contributed by atoms with Crippen molar-refractivity contribution in [3.8, 4) is 0 Å². The summed E-state index contributed by atoms with van der Waals surface area (Å²) in [5, 5.41) is 0. The van der Waals surface area contributed by atoms with Crippen LogP contribution in [-0.2, 0) is 9.09 Å². The van der Waals surface area contributed by atoms with Gasteiger partial charge in [-0.25, -0.2) is 4.57 Å². The van der Waals surface area contributed by atoms with Gasteiger partial charge in [0.1, 0.15) is 0 Å². The molecule has 4 fully saturated rings. The summed E-state index contributed by atoms with van der Waals surface area (Å²) in [6, 6.07) is 0. The topological polar surface area (TPSA) is 66.8 Å². The van der Waals surface area contributed by atoms with Crippen LogP contribution in [-0.4, -0.2) is 15.9 Å². The molecular formula is C27H49O4P. The van der Waals surface area contributed by atoms with Crippen molar-refractivity contribution in [2.24, 2.45) is 52.3 Å². The first-order chi connectivity index (χ1) is 14.9. The predicted molar refractivity (Wildman–Crippen MR) is 130 cm³/mol. The Hall–Kier alpha value is 0.110. The molecule has 0 aromatic heterocycles. The molecule has 4 rings (SSSR count). The van der Waals surface area contributed by atoms with E-state index in [0.29, 0.717) is 16.7 Å². The molecule has 0 aromatic carbocycles. The molecule has 2 N–H and O–H groups in total. The lowest BCUT2D eigenvalue weighted by Crippen LogP contribution is -2.54. The van der Waals surface area contributed by atoms with Crippen LogP contribution < -0.4 is 0 Å². The van der Waals surface area contributed by atoms with Crippen molar-refractivity contribution >= 4 is 7.82 Å². The molecule has 0 bridgehead atoms. The molecule has 0 amide bonds. The predicted octanol–water partition coefficient (Wildman–Crippen LogP) is 7.59. The van der Waals surface area contributed by atoms with Gasteiger partial charge in [0, 0.05) is 0 Å². The smallest absolute Gasteiger partial charge is 0.303 e. The van der Waals surface area contributed by atoms with Crippen LogP contribution in [0.4, 0.5) is 0 Å². The first-order valence-electron chi connectivity index (χ1n) is 13.7. The normalized spacial score (nSPS) is 45.2. The summed E-state index contributed by atoms with van der Waals surface area (Å²) in [5.74, 6) is 5.69. The first kappa shape index (κ1) is 25.2. The maximum Gasteiger partial charge on any atom is 0.469 e. The highest BCUT2D eigenvalue weighted by Gasteiger charge is 2.60. The van der Waals surface area contributed by atoms with E-state index >= 15 is 0 Å². The lowest BCUT2D eigenvalue weighted by atomic mass is 9.44. The molecule has 0 saturated heterocycles. The van der Waals surface area contributed by atoms with E-state index in [1.807, 2.05) is 0 Å². The van der Waals surface area contributed by atoms with Crippen LogP contribution in [0.3, 0.4) is 0 Å². The van der Waals surface area contributed by atoms with Crippen molar-refractivity contribution in [2.45, 2.75) is 118 Å². The fraction of sp³-hybridized carbons (Fsp3) is 1.00. The van der Waals surface area contributed by atoms with E-state index in [0.717, 1.165) is 54.8 Å². The molecule has 4 aliphatic carbocycles. The highest BCUT2D eigenvalue weighted by Crippen LogP contribution is 2.68. The minimum Gasteiger partial charge on any atom is -0.303 e. The Bertz CT molecular complexity index is 704. The Morgan fingerprint density at radius 1 is 0.906 bits per heavy atom. The molecule has 0 spiro atoms. The van der Waals surface area contributed by atoms with Crippen LogP contribution in [0, 0.1) is 52.3 Å². The summed E-state index contributed by atoms with van der Waals surface area (Å²) >= 11 is 0. The van der Waals surface area contributed by atoms with Crippen LogP contribution in [0.5, 0.6) is 0 Å². The molecule has 0 radical (unpaired) electrons. The van der Waals surface area contributed by atoms with Crippen LogP contribution in [0.15, 0.2) is 0 Å². The van der Waals surface area contributed by atoms with Gasteiger partial charge in [0.05, 0.1) is 6.10 Å². The molecule has 0 aromatic rings. The van der Waals surface area contributed by atoms with Gasteiger partial charge in [0.25, 0.3) is 0 Å². The Balaban J connectivity index is 1.43. The number of hydrogen-bond donors (Lipinski definition) is 2. The summed E-state index contributed by atoms with van der Waals surface area (Å²) in [7, 11) is -4.39. The number of hydrogen-bond acceptors (Lipinski definition) is 2. The van der Waals surface area contributed by atoms with Gasteiger partial charge in [0.2, 0.25) is 0 Å². The number of phosphoric acid groups is 1. The van der Waals surface area contributed by atoms with Crippen LogP contribution in [0.25, 0.3) is 0 Å². The molecule has 9 atom stereocenters. The third-order valence-corrected chi connectivity index (χ3v) is 11.7. The fourth-order valence-corrected chi connectivity index (χ4v) is 10.1. The second kappa shape index (κ2) is 9.29. The van der Waals surface area contributed by atoms with Crippen LogP contribution in [0.1, 0.15) is 112 Å². The minimum absolute atomic E-state index is 0.262. The second-order valence-electron chi connectivity index (χ2n) is 13.2. The van der Waals surface area contributed by atoms with Gasteiger partial charge in [-0.3, -0.25) is 4.52 Å². The molecular weight excluding hydrogens is 419 g/mol. The van der Waals surface area contributed by atoms with E-state index in [1.54, 1.807) is 0 Å². The minimum atomic E-state index is -4.39.